The summed E-state index contributed by atoms with van der Waals surface area (Å²) in [4.78, 5) is 29.7. The number of nitrogens with one attached hydrogen (secondary N) is 1. The molecule has 3 aromatic carbocycles. The van der Waals surface area contributed by atoms with Crippen LogP contribution in [0.1, 0.15) is 16.1 Å². The smallest absolute Gasteiger partial charge is 0.339 e. The number of esters is 1. The quantitative estimate of drug-likeness (QED) is 0.376. The van der Waals surface area contributed by atoms with Crippen LogP contribution in [-0.2, 0) is 9.53 Å². The van der Waals surface area contributed by atoms with Crippen molar-refractivity contribution >= 4 is 50.4 Å². The Morgan fingerprint density at radius 2 is 1.70 bits per heavy atom. The van der Waals surface area contributed by atoms with Gasteiger partial charge in [-0.15, -0.1) is 0 Å². The van der Waals surface area contributed by atoms with Crippen molar-refractivity contribution in [3.05, 3.63) is 78.0 Å². The summed E-state index contributed by atoms with van der Waals surface area (Å²) in [5.74, 6) is -0.608. The fraction of sp³-hybridized carbons (Fsp3) is 0.115. The number of para-hydroxylation sites is 2. The van der Waals surface area contributed by atoms with Gasteiger partial charge in [0.25, 0.3) is 5.91 Å². The van der Waals surface area contributed by atoms with Gasteiger partial charge in [0, 0.05) is 27.9 Å². The van der Waals surface area contributed by atoms with Crippen molar-refractivity contribution in [3.8, 4) is 5.75 Å². The lowest BCUT2D eigenvalue weighted by Crippen LogP contribution is -2.21. The molecule has 0 bridgehead atoms. The Kier molecular flexibility index (Phi) is 5.14. The zero-order chi connectivity index (χ0) is 22.9. The van der Waals surface area contributed by atoms with Gasteiger partial charge in [0.05, 0.1) is 23.9 Å². The predicted octanol–water partition coefficient (Wildman–Crippen LogP) is 5.25. The van der Waals surface area contributed by atoms with E-state index in [1.54, 1.807) is 25.1 Å². The first-order valence-corrected chi connectivity index (χ1v) is 10.4. The van der Waals surface area contributed by atoms with Crippen LogP contribution in [0.4, 0.5) is 5.69 Å². The van der Waals surface area contributed by atoms with Crippen LogP contribution in [0.25, 0.3) is 32.8 Å². The van der Waals surface area contributed by atoms with Gasteiger partial charge in [0.1, 0.15) is 16.9 Å². The van der Waals surface area contributed by atoms with Gasteiger partial charge in [-0.05, 0) is 31.2 Å². The maximum absolute atomic E-state index is 12.7. The Morgan fingerprint density at radius 1 is 0.939 bits per heavy atom. The van der Waals surface area contributed by atoms with E-state index < -0.39 is 18.5 Å². The number of nitrogens with zero attached hydrogens (tertiary/aromatic N) is 1. The number of aryl methyl sites for hydroxylation is 1. The largest absolute Gasteiger partial charge is 0.495 e. The van der Waals surface area contributed by atoms with Crippen molar-refractivity contribution in [3.63, 3.8) is 0 Å². The molecule has 5 aromatic rings. The van der Waals surface area contributed by atoms with E-state index >= 15 is 0 Å². The molecule has 0 fully saturated rings. The lowest BCUT2D eigenvalue weighted by atomic mass is 10.1. The van der Waals surface area contributed by atoms with Gasteiger partial charge in [-0.25, -0.2) is 4.79 Å². The normalized spacial score (nSPS) is 11.1. The van der Waals surface area contributed by atoms with E-state index in [1.807, 2.05) is 48.5 Å². The maximum atomic E-state index is 12.7. The topological polar surface area (TPSA) is 90.7 Å². The fourth-order valence-corrected chi connectivity index (χ4v) is 3.89. The molecule has 0 aliphatic heterocycles. The molecule has 2 aromatic heterocycles. The number of methoxy groups -OCH3 is 1. The highest BCUT2D eigenvalue weighted by molar-refractivity contribution is 6.08. The van der Waals surface area contributed by atoms with Crippen LogP contribution in [0.5, 0.6) is 5.75 Å². The average Bonchev–Trinajstić information content (AvgIpc) is 3.18. The second kappa shape index (κ2) is 8.27. The third kappa shape index (κ3) is 3.85. The van der Waals surface area contributed by atoms with Gasteiger partial charge in [-0.2, -0.15) is 0 Å². The average molecular weight is 440 g/mol. The second-order valence-electron chi connectivity index (χ2n) is 7.60. The molecule has 0 aliphatic rings. The molecule has 0 aliphatic carbocycles. The number of benzene rings is 3. The molecule has 33 heavy (non-hydrogen) atoms. The SMILES string of the molecule is COc1cc2c(cc1NC(=O)COC(=O)c1cc(C)nc3ccccc13)oc1ccccc12. The number of fused-ring (bicyclic) bond motifs is 4. The number of amides is 1. The molecule has 0 spiro atoms. The van der Waals surface area contributed by atoms with Gasteiger partial charge in [-0.3, -0.25) is 9.78 Å². The molecule has 0 radical (unpaired) electrons. The Morgan fingerprint density at radius 3 is 2.52 bits per heavy atom. The van der Waals surface area contributed by atoms with Crippen molar-refractivity contribution in [1.82, 2.24) is 4.98 Å². The third-order valence-corrected chi connectivity index (χ3v) is 5.37. The number of rotatable bonds is 5. The number of hydrogen-bond acceptors (Lipinski definition) is 6. The van der Waals surface area contributed by atoms with Crippen LogP contribution in [-0.4, -0.2) is 30.6 Å². The Hall–Kier alpha value is -4.39. The van der Waals surface area contributed by atoms with Crippen molar-refractivity contribution in [1.29, 1.82) is 0 Å². The lowest BCUT2D eigenvalue weighted by molar-refractivity contribution is -0.119. The minimum atomic E-state index is -0.591. The molecule has 0 atom stereocenters. The van der Waals surface area contributed by atoms with Crippen molar-refractivity contribution in [2.24, 2.45) is 0 Å². The molecule has 7 heteroatoms. The minimum absolute atomic E-state index is 0.368. The van der Waals surface area contributed by atoms with Crippen LogP contribution in [0, 0.1) is 6.92 Å². The molecule has 1 amide bonds. The number of carbonyl (C=O) groups is 2. The van der Waals surface area contributed by atoms with Gasteiger partial charge in [-0.1, -0.05) is 36.4 Å². The molecule has 1 N–H and O–H groups in total. The summed E-state index contributed by atoms with van der Waals surface area (Å²) >= 11 is 0. The van der Waals surface area contributed by atoms with Gasteiger partial charge < -0.3 is 19.2 Å². The molecule has 0 unspecified atom stereocenters. The van der Waals surface area contributed by atoms with E-state index in [1.165, 1.54) is 7.11 Å². The zero-order valence-electron chi connectivity index (χ0n) is 18.0. The summed E-state index contributed by atoms with van der Waals surface area (Å²) in [7, 11) is 1.52. The van der Waals surface area contributed by atoms with E-state index in [2.05, 4.69) is 10.3 Å². The number of ether oxygens (including phenoxy) is 2. The summed E-state index contributed by atoms with van der Waals surface area (Å²) < 4.78 is 16.6. The van der Waals surface area contributed by atoms with Crippen molar-refractivity contribution in [2.45, 2.75) is 6.92 Å². The molecule has 2 heterocycles. The summed E-state index contributed by atoms with van der Waals surface area (Å²) in [6.07, 6.45) is 0. The first-order valence-electron chi connectivity index (χ1n) is 10.4. The number of aromatic nitrogens is 1. The second-order valence-corrected chi connectivity index (χ2v) is 7.60. The molecule has 5 rings (SSSR count). The van der Waals surface area contributed by atoms with Crippen molar-refractivity contribution in [2.75, 3.05) is 19.0 Å². The monoisotopic (exact) mass is 440 g/mol. The van der Waals surface area contributed by atoms with Gasteiger partial charge >= 0.3 is 5.97 Å². The molecule has 164 valence electrons. The van der Waals surface area contributed by atoms with Crippen LogP contribution in [0.2, 0.25) is 0 Å². The Balaban J connectivity index is 1.35. The highest BCUT2D eigenvalue weighted by atomic mass is 16.5. The standard InChI is InChI=1S/C26H20N2O5/c1-15-11-19(16-7-3-5-9-20(16)27-15)26(30)32-14-25(29)28-21-13-23-18(12-24(21)31-2)17-8-4-6-10-22(17)33-23/h3-13H,14H2,1-2H3,(H,28,29). The van der Waals surface area contributed by atoms with Gasteiger partial charge in [0.15, 0.2) is 6.61 Å². The first-order chi connectivity index (χ1) is 16.0. The number of hydrogen-bond donors (Lipinski definition) is 1. The Labute approximate surface area is 188 Å². The molecule has 0 saturated carbocycles. The van der Waals surface area contributed by atoms with E-state index in [9.17, 15) is 9.59 Å². The van der Waals surface area contributed by atoms with E-state index in [4.69, 9.17) is 13.9 Å². The van der Waals surface area contributed by atoms with Crippen LogP contribution < -0.4 is 10.1 Å². The summed E-state index contributed by atoms with van der Waals surface area (Å²) in [5.41, 5.74) is 3.53. The van der Waals surface area contributed by atoms with Crippen LogP contribution in [0.3, 0.4) is 0 Å². The van der Waals surface area contributed by atoms with Gasteiger partial charge in [0.2, 0.25) is 0 Å². The summed E-state index contributed by atoms with van der Waals surface area (Å²) in [5, 5.41) is 5.25. The van der Waals surface area contributed by atoms with E-state index in [0.29, 0.717) is 39.2 Å². The maximum Gasteiger partial charge on any atom is 0.339 e. The number of pyridine rings is 1. The first kappa shape index (κ1) is 20.5. The summed E-state index contributed by atoms with van der Waals surface area (Å²) in [6, 6.07) is 20.1. The summed E-state index contributed by atoms with van der Waals surface area (Å²) in [6.45, 7) is 1.35. The molecular formula is C26H20N2O5. The van der Waals surface area contributed by atoms with Crippen LogP contribution in [0.15, 0.2) is 71.1 Å². The van der Waals surface area contributed by atoms with Crippen LogP contribution >= 0.6 is 0 Å². The van der Waals surface area contributed by atoms with Crippen molar-refractivity contribution < 1.29 is 23.5 Å². The fourth-order valence-electron chi connectivity index (χ4n) is 3.89. The van der Waals surface area contributed by atoms with E-state index in [-0.39, 0.29) is 0 Å². The van der Waals surface area contributed by atoms with E-state index in [0.717, 1.165) is 16.4 Å². The number of furan rings is 1. The highest BCUT2D eigenvalue weighted by Gasteiger charge is 2.17. The molecule has 0 saturated heterocycles. The lowest BCUT2D eigenvalue weighted by Gasteiger charge is -2.11. The third-order valence-electron chi connectivity index (χ3n) is 5.37. The molecule has 7 nitrogen and oxygen atoms in total. The highest BCUT2D eigenvalue weighted by Crippen LogP contribution is 2.36. The minimum Gasteiger partial charge on any atom is -0.495 e. The number of anilines is 1. The Bertz CT molecular complexity index is 1540. The zero-order valence-corrected chi connectivity index (χ0v) is 18.0. The predicted molar refractivity (Wildman–Crippen MR) is 126 cm³/mol. The number of carbonyl (C=O) groups excluding carboxylic acids is 2. The molecular weight excluding hydrogens is 420 g/mol.